The zero-order valence-electron chi connectivity index (χ0n) is 12.8. The Labute approximate surface area is 149 Å². The summed E-state index contributed by atoms with van der Waals surface area (Å²) in [6.45, 7) is 0. The third-order valence-corrected chi connectivity index (χ3v) is 4.02. The third-order valence-electron chi connectivity index (χ3n) is 3.76. The highest BCUT2D eigenvalue weighted by Gasteiger charge is 2.31. The highest BCUT2D eigenvalue weighted by molar-refractivity contribution is 6.30. The average Bonchev–Trinajstić information content (AvgIpc) is 2.65. The molecule has 132 valence electrons. The van der Waals surface area contributed by atoms with Crippen LogP contribution in [0.5, 0.6) is 0 Å². The first kappa shape index (κ1) is 18.1. The van der Waals surface area contributed by atoms with Gasteiger partial charge in [-0.2, -0.15) is 0 Å². The number of benzene rings is 3. The van der Waals surface area contributed by atoms with Crippen molar-refractivity contribution in [1.29, 1.82) is 0 Å². The van der Waals surface area contributed by atoms with E-state index in [-0.39, 0.29) is 11.1 Å². The number of rotatable bonds is 3. The van der Waals surface area contributed by atoms with Crippen LogP contribution in [0.3, 0.4) is 0 Å². The first-order valence-corrected chi connectivity index (χ1v) is 7.61. The van der Waals surface area contributed by atoms with Crippen molar-refractivity contribution in [1.82, 2.24) is 0 Å². The Kier molecular flexibility index (Phi) is 4.78. The Morgan fingerprint density at radius 3 is 1.77 bits per heavy atom. The van der Waals surface area contributed by atoms with Gasteiger partial charge in [-0.25, -0.2) is 22.0 Å². The second kappa shape index (κ2) is 6.88. The number of hydrogen-bond donors (Lipinski definition) is 0. The molecule has 1 nitrogen and oxygen atoms in total. The summed E-state index contributed by atoms with van der Waals surface area (Å²) < 4.78 is 68.0. The minimum absolute atomic E-state index is 0.210. The summed E-state index contributed by atoms with van der Waals surface area (Å²) in [6.07, 6.45) is 0. The molecule has 0 heterocycles. The lowest BCUT2D eigenvalue weighted by atomic mass is 9.93. The Bertz CT molecular complexity index is 986. The second-order valence-electron chi connectivity index (χ2n) is 5.33. The SMILES string of the molecule is O=C(c1ccccc1-c1ccc(Cl)cc1)c1c(F)c(F)c(F)c(F)c1F. The highest BCUT2D eigenvalue weighted by atomic mass is 35.5. The Hall–Kier alpha value is -2.73. The molecule has 0 N–H and O–H groups in total. The molecule has 0 radical (unpaired) electrons. The van der Waals surface area contributed by atoms with E-state index in [1.807, 2.05) is 0 Å². The largest absolute Gasteiger partial charge is 0.288 e. The number of carbonyl (C=O) groups is 1. The monoisotopic (exact) mass is 382 g/mol. The van der Waals surface area contributed by atoms with Crippen LogP contribution in [-0.2, 0) is 0 Å². The molecule has 0 aliphatic rings. The lowest BCUT2D eigenvalue weighted by molar-refractivity contribution is 0.102. The first-order valence-electron chi connectivity index (χ1n) is 7.24. The van der Waals surface area contributed by atoms with Gasteiger partial charge in [-0.3, -0.25) is 4.79 Å². The topological polar surface area (TPSA) is 17.1 Å². The average molecular weight is 383 g/mol. The Balaban J connectivity index is 2.21. The van der Waals surface area contributed by atoms with Crippen molar-refractivity contribution in [2.45, 2.75) is 0 Å². The van der Waals surface area contributed by atoms with E-state index < -0.39 is 40.4 Å². The van der Waals surface area contributed by atoms with E-state index >= 15 is 0 Å². The van der Waals surface area contributed by atoms with Crippen LogP contribution in [0.15, 0.2) is 48.5 Å². The van der Waals surface area contributed by atoms with Crippen molar-refractivity contribution in [3.05, 3.63) is 93.8 Å². The van der Waals surface area contributed by atoms with Crippen LogP contribution in [0.4, 0.5) is 22.0 Å². The van der Waals surface area contributed by atoms with Gasteiger partial charge in [0.2, 0.25) is 5.82 Å². The third kappa shape index (κ3) is 2.97. The maximum absolute atomic E-state index is 14.0. The van der Waals surface area contributed by atoms with Crippen molar-refractivity contribution in [2.24, 2.45) is 0 Å². The number of carbonyl (C=O) groups excluding carboxylic acids is 1. The lowest BCUT2D eigenvalue weighted by Gasteiger charge is -2.11. The van der Waals surface area contributed by atoms with E-state index in [9.17, 15) is 26.7 Å². The highest BCUT2D eigenvalue weighted by Crippen LogP contribution is 2.30. The van der Waals surface area contributed by atoms with Gasteiger partial charge in [-0.05, 0) is 23.3 Å². The number of halogens is 6. The summed E-state index contributed by atoms with van der Waals surface area (Å²) in [5.74, 6) is -12.3. The van der Waals surface area contributed by atoms with Crippen LogP contribution in [0.2, 0.25) is 5.02 Å². The summed E-state index contributed by atoms with van der Waals surface area (Å²) in [6, 6.07) is 11.9. The van der Waals surface area contributed by atoms with Crippen molar-refractivity contribution in [2.75, 3.05) is 0 Å². The molecule has 0 amide bonds. The molecule has 0 aromatic heterocycles. The molecule has 0 spiro atoms. The minimum Gasteiger partial charge on any atom is -0.288 e. The standard InChI is InChI=1S/C19H8ClF5O/c20-10-7-5-9(6-8-10)11-3-1-2-4-12(11)19(26)13-14(21)16(23)18(25)17(24)15(13)22/h1-8H. The van der Waals surface area contributed by atoms with Crippen molar-refractivity contribution < 1.29 is 26.7 Å². The van der Waals surface area contributed by atoms with Gasteiger partial charge >= 0.3 is 0 Å². The maximum Gasteiger partial charge on any atom is 0.200 e. The van der Waals surface area contributed by atoms with E-state index in [1.54, 1.807) is 18.2 Å². The van der Waals surface area contributed by atoms with Gasteiger partial charge in [0.1, 0.15) is 5.56 Å². The summed E-state index contributed by atoms with van der Waals surface area (Å²) in [4.78, 5) is 12.6. The Morgan fingerprint density at radius 2 is 1.19 bits per heavy atom. The second-order valence-corrected chi connectivity index (χ2v) is 5.76. The van der Waals surface area contributed by atoms with Crippen LogP contribution in [-0.4, -0.2) is 5.78 Å². The molecule has 26 heavy (non-hydrogen) atoms. The molecule has 0 aliphatic heterocycles. The molecule has 0 fully saturated rings. The molecular formula is C19H8ClF5O. The molecule has 0 aliphatic carbocycles. The number of ketones is 1. The van der Waals surface area contributed by atoms with Gasteiger partial charge < -0.3 is 0 Å². The molecule has 3 aromatic carbocycles. The molecule has 3 rings (SSSR count). The fraction of sp³-hybridized carbons (Fsp3) is 0. The molecular weight excluding hydrogens is 375 g/mol. The van der Waals surface area contributed by atoms with Crippen molar-refractivity contribution in [3.8, 4) is 11.1 Å². The van der Waals surface area contributed by atoms with Crippen molar-refractivity contribution >= 4 is 17.4 Å². The quantitative estimate of drug-likeness (QED) is 0.237. The zero-order chi connectivity index (χ0) is 19.0. The number of hydrogen-bond acceptors (Lipinski definition) is 1. The van der Waals surface area contributed by atoms with Crippen LogP contribution in [0.1, 0.15) is 15.9 Å². The predicted molar refractivity (Wildman–Crippen MR) is 86.6 cm³/mol. The van der Waals surface area contributed by atoms with Crippen molar-refractivity contribution in [3.63, 3.8) is 0 Å². The summed E-state index contributed by atoms with van der Waals surface area (Å²) in [7, 11) is 0. The van der Waals surface area contributed by atoms with Gasteiger partial charge in [-0.15, -0.1) is 0 Å². The Morgan fingerprint density at radius 1 is 0.692 bits per heavy atom. The van der Waals surface area contributed by atoms with E-state index in [0.717, 1.165) is 0 Å². The van der Waals surface area contributed by atoms with Crippen LogP contribution in [0.25, 0.3) is 11.1 Å². The van der Waals surface area contributed by atoms with Gasteiger partial charge in [0.25, 0.3) is 0 Å². The summed E-state index contributed by atoms with van der Waals surface area (Å²) >= 11 is 5.80. The van der Waals surface area contributed by atoms with E-state index in [2.05, 4.69) is 0 Å². The first-order chi connectivity index (χ1) is 12.3. The lowest BCUT2D eigenvalue weighted by Crippen LogP contribution is -2.14. The fourth-order valence-electron chi connectivity index (χ4n) is 2.50. The molecule has 0 saturated heterocycles. The summed E-state index contributed by atoms with van der Waals surface area (Å²) in [5, 5.41) is 0.428. The van der Waals surface area contributed by atoms with Gasteiger partial charge in [-0.1, -0.05) is 48.0 Å². The fourth-order valence-corrected chi connectivity index (χ4v) is 2.63. The smallest absolute Gasteiger partial charge is 0.200 e. The molecule has 0 unspecified atom stereocenters. The van der Waals surface area contributed by atoms with Crippen LogP contribution >= 0.6 is 11.6 Å². The van der Waals surface area contributed by atoms with E-state index in [0.29, 0.717) is 10.6 Å². The predicted octanol–water partition coefficient (Wildman–Crippen LogP) is 5.93. The molecule has 3 aromatic rings. The molecule has 0 atom stereocenters. The van der Waals surface area contributed by atoms with Gasteiger partial charge in [0, 0.05) is 10.6 Å². The van der Waals surface area contributed by atoms with Gasteiger partial charge in [0.05, 0.1) is 0 Å². The molecule has 7 heteroatoms. The summed E-state index contributed by atoms with van der Waals surface area (Å²) in [5.41, 5.74) is -0.957. The normalized spacial score (nSPS) is 10.8. The molecule has 0 saturated carbocycles. The van der Waals surface area contributed by atoms with E-state index in [4.69, 9.17) is 11.6 Å². The van der Waals surface area contributed by atoms with E-state index in [1.165, 1.54) is 30.3 Å². The minimum atomic E-state index is -2.32. The van der Waals surface area contributed by atoms with Crippen LogP contribution in [0, 0.1) is 29.1 Å². The van der Waals surface area contributed by atoms with Crippen LogP contribution < -0.4 is 0 Å². The van der Waals surface area contributed by atoms with Gasteiger partial charge in [0.15, 0.2) is 29.1 Å². The molecule has 0 bridgehead atoms. The zero-order valence-corrected chi connectivity index (χ0v) is 13.6. The maximum atomic E-state index is 14.0.